The van der Waals surface area contributed by atoms with E-state index in [1.165, 1.54) is 17.8 Å². The third-order valence-electron chi connectivity index (χ3n) is 2.52. The summed E-state index contributed by atoms with van der Waals surface area (Å²) in [5, 5.41) is 0.655. The zero-order chi connectivity index (χ0) is 13.1. The third kappa shape index (κ3) is 2.86. The van der Waals surface area contributed by atoms with Crippen LogP contribution in [0.1, 0.15) is 18.5 Å². The zero-order valence-electron chi connectivity index (χ0n) is 9.86. The van der Waals surface area contributed by atoms with Gasteiger partial charge in [-0.15, -0.1) is 0 Å². The molecule has 0 aliphatic carbocycles. The quantitative estimate of drug-likeness (QED) is 0.886. The van der Waals surface area contributed by atoms with Crippen LogP contribution in [0.4, 0.5) is 4.39 Å². The van der Waals surface area contributed by atoms with E-state index >= 15 is 0 Å². The molecule has 0 saturated carbocycles. The van der Waals surface area contributed by atoms with E-state index in [9.17, 15) is 4.39 Å². The van der Waals surface area contributed by atoms with Crippen molar-refractivity contribution < 1.29 is 4.39 Å². The number of hydrogen-bond donors (Lipinski definition) is 1. The molecule has 1 unspecified atom stereocenters. The van der Waals surface area contributed by atoms with Crippen molar-refractivity contribution in [2.24, 2.45) is 5.73 Å². The molecule has 1 nitrogen and oxygen atoms in total. The molecular formula is C14H13ClFNS. The topological polar surface area (TPSA) is 26.0 Å². The molecule has 0 aliphatic rings. The maximum atomic E-state index is 13.8. The Morgan fingerprint density at radius 1 is 1.11 bits per heavy atom. The van der Waals surface area contributed by atoms with E-state index in [4.69, 9.17) is 17.3 Å². The molecule has 2 aromatic rings. The highest BCUT2D eigenvalue weighted by atomic mass is 35.5. The number of hydrogen-bond acceptors (Lipinski definition) is 2. The van der Waals surface area contributed by atoms with Crippen LogP contribution >= 0.6 is 23.4 Å². The Morgan fingerprint density at radius 2 is 1.78 bits per heavy atom. The molecule has 18 heavy (non-hydrogen) atoms. The van der Waals surface area contributed by atoms with Gasteiger partial charge in [0.05, 0.1) is 5.02 Å². The van der Waals surface area contributed by atoms with E-state index < -0.39 is 0 Å². The fourth-order valence-electron chi connectivity index (χ4n) is 1.69. The summed E-state index contributed by atoms with van der Waals surface area (Å²) in [4.78, 5) is 1.70. The summed E-state index contributed by atoms with van der Waals surface area (Å²) in [6.07, 6.45) is 0. The summed E-state index contributed by atoms with van der Waals surface area (Å²) >= 11 is 7.53. The molecule has 0 aliphatic heterocycles. The summed E-state index contributed by atoms with van der Waals surface area (Å²) in [6, 6.07) is 12.1. The fourth-order valence-corrected chi connectivity index (χ4v) is 3.03. The summed E-state index contributed by atoms with van der Waals surface area (Å²) in [5.41, 5.74) is 6.35. The molecule has 2 N–H and O–H groups in total. The molecule has 0 amide bonds. The van der Waals surface area contributed by atoms with Crippen molar-refractivity contribution in [2.75, 3.05) is 0 Å². The fraction of sp³-hybridized carbons (Fsp3) is 0.143. The first-order chi connectivity index (χ1) is 8.59. The molecule has 0 bridgehead atoms. The maximum Gasteiger partial charge on any atom is 0.129 e. The van der Waals surface area contributed by atoms with Crippen LogP contribution in [0.5, 0.6) is 0 Å². The van der Waals surface area contributed by atoms with E-state index in [1.807, 2.05) is 30.3 Å². The van der Waals surface area contributed by atoms with Gasteiger partial charge in [-0.05, 0) is 31.2 Å². The largest absolute Gasteiger partial charge is 0.324 e. The SMILES string of the molecule is CC(N)c1c(F)cccc1Sc1ccccc1Cl. The van der Waals surface area contributed by atoms with Gasteiger partial charge in [-0.3, -0.25) is 0 Å². The van der Waals surface area contributed by atoms with E-state index in [2.05, 4.69) is 0 Å². The highest BCUT2D eigenvalue weighted by molar-refractivity contribution is 7.99. The van der Waals surface area contributed by atoms with E-state index in [-0.39, 0.29) is 11.9 Å². The van der Waals surface area contributed by atoms with Crippen LogP contribution in [0.3, 0.4) is 0 Å². The standard InChI is InChI=1S/C14H13ClFNS/c1-9(17)14-11(16)6-4-8-13(14)18-12-7-3-2-5-10(12)15/h2-9H,17H2,1H3. The predicted molar refractivity (Wildman–Crippen MR) is 74.6 cm³/mol. The number of halogens is 2. The average Bonchev–Trinajstić information content (AvgIpc) is 2.31. The normalized spacial score (nSPS) is 12.4. The molecule has 0 spiro atoms. The Hall–Kier alpha value is -1.03. The molecule has 0 saturated heterocycles. The molecule has 1 atom stereocenters. The zero-order valence-corrected chi connectivity index (χ0v) is 11.4. The first kappa shape index (κ1) is 13.4. The van der Waals surface area contributed by atoms with Gasteiger partial charge < -0.3 is 5.73 Å². The Kier molecular flexibility index (Phi) is 4.27. The van der Waals surface area contributed by atoms with Crippen LogP contribution in [-0.2, 0) is 0 Å². The molecule has 4 heteroatoms. The van der Waals surface area contributed by atoms with E-state index in [1.54, 1.807) is 13.0 Å². The van der Waals surface area contributed by atoms with Crippen molar-refractivity contribution in [1.29, 1.82) is 0 Å². The molecular weight excluding hydrogens is 269 g/mol. The highest BCUT2D eigenvalue weighted by Crippen LogP contribution is 2.37. The summed E-state index contributed by atoms with van der Waals surface area (Å²) in [5.74, 6) is -0.276. The van der Waals surface area contributed by atoms with Crippen LogP contribution in [0, 0.1) is 5.82 Å². The summed E-state index contributed by atoms with van der Waals surface area (Å²) in [6.45, 7) is 1.77. The Labute approximate surface area is 115 Å². The van der Waals surface area contributed by atoms with Crippen LogP contribution in [0.2, 0.25) is 5.02 Å². The second kappa shape index (κ2) is 5.74. The minimum atomic E-state index is -0.351. The van der Waals surface area contributed by atoms with Crippen LogP contribution in [-0.4, -0.2) is 0 Å². The van der Waals surface area contributed by atoms with Crippen molar-refractivity contribution in [2.45, 2.75) is 22.8 Å². The Balaban J connectivity index is 2.41. The lowest BCUT2D eigenvalue weighted by Gasteiger charge is -2.13. The highest BCUT2D eigenvalue weighted by Gasteiger charge is 2.14. The first-order valence-corrected chi connectivity index (χ1v) is 6.75. The molecule has 2 rings (SSSR count). The summed E-state index contributed by atoms with van der Waals surface area (Å²) < 4.78 is 13.8. The van der Waals surface area contributed by atoms with Crippen molar-refractivity contribution in [3.8, 4) is 0 Å². The number of nitrogens with two attached hydrogens (primary N) is 1. The molecule has 2 aromatic carbocycles. The maximum absolute atomic E-state index is 13.8. The minimum absolute atomic E-state index is 0.276. The van der Waals surface area contributed by atoms with Crippen molar-refractivity contribution in [3.05, 3.63) is 58.9 Å². The van der Waals surface area contributed by atoms with Gasteiger partial charge in [0.15, 0.2) is 0 Å². The van der Waals surface area contributed by atoms with Gasteiger partial charge in [0.25, 0.3) is 0 Å². The molecule has 94 valence electrons. The Bertz CT molecular complexity index is 557. The summed E-state index contributed by atoms with van der Waals surface area (Å²) in [7, 11) is 0. The molecule has 0 heterocycles. The molecule has 0 radical (unpaired) electrons. The van der Waals surface area contributed by atoms with Gasteiger partial charge in [-0.1, -0.05) is 41.6 Å². The van der Waals surface area contributed by atoms with Gasteiger partial charge in [-0.2, -0.15) is 0 Å². The van der Waals surface area contributed by atoms with Crippen LogP contribution in [0.25, 0.3) is 0 Å². The van der Waals surface area contributed by atoms with E-state index in [0.717, 1.165) is 9.79 Å². The monoisotopic (exact) mass is 281 g/mol. The van der Waals surface area contributed by atoms with Crippen LogP contribution < -0.4 is 5.73 Å². The minimum Gasteiger partial charge on any atom is -0.324 e. The number of benzene rings is 2. The smallest absolute Gasteiger partial charge is 0.129 e. The number of rotatable bonds is 3. The lowest BCUT2D eigenvalue weighted by Crippen LogP contribution is -2.08. The van der Waals surface area contributed by atoms with Crippen molar-refractivity contribution in [3.63, 3.8) is 0 Å². The van der Waals surface area contributed by atoms with Gasteiger partial charge in [0, 0.05) is 21.4 Å². The average molecular weight is 282 g/mol. The second-order valence-electron chi connectivity index (χ2n) is 3.97. The van der Waals surface area contributed by atoms with Gasteiger partial charge in [-0.25, -0.2) is 4.39 Å². The lowest BCUT2D eigenvalue weighted by molar-refractivity contribution is 0.585. The first-order valence-electron chi connectivity index (χ1n) is 5.56. The van der Waals surface area contributed by atoms with Crippen molar-refractivity contribution in [1.82, 2.24) is 0 Å². The second-order valence-corrected chi connectivity index (χ2v) is 5.46. The van der Waals surface area contributed by atoms with Crippen molar-refractivity contribution >= 4 is 23.4 Å². The van der Waals surface area contributed by atoms with Gasteiger partial charge >= 0.3 is 0 Å². The molecule has 0 fully saturated rings. The van der Waals surface area contributed by atoms with Crippen LogP contribution in [0.15, 0.2) is 52.3 Å². The van der Waals surface area contributed by atoms with Gasteiger partial charge in [0.2, 0.25) is 0 Å². The van der Waals surface area contributed by atoms with E-state index in [0.29, 0.717) is 10.6 Å². The lowest BCUT2D eigenvalue weighted by atomic mass is 10.1. The molecule has 0 aromatic heterocycles. The Morgan fingerprint density at radius 3 is 2.44 bits per heavy atom. The predicted octanol–water partition coefficient (Wildman–Crippen LogP) is 4.65. The van der Waals surface area contributed by atoms with Gasteiger partial charge in [0.1, 0.15) is 5.82 Å². The third-order valence-corrected chi connectivity index (χ3v) is 4.12.